The molecule has 12 heteroatoms. The van der Waals surface area contributed by atoms with Gasteiger partial charge >= 0.3 is 12.1 Å². The predicted octanol–water partition coefficient (Wildman–Crippen LogP) is 7.16. The number of carboxylic acids is 1. The van der Waals surface area contributed by atoms with Crippen LogP contribution in [0.2, 0.25) is 0 Å². The number of hydrogen-bond acceptors (Lipinski definition) is 8. The molecular formula is C37H37N5O6S. The Balaban J connectivity index is 1.47. The molecule has 1 amide bonds. The molecule has 0 aliphatic rings. The van der Waals surface area contributed by atoms with Crippen LogP contribution in [0.3, 0.4) is 0 Å². The first-order valence-electron chi connectivity index (χ1n) is 15.5. The molecule has 0 unspecified atom stereocenters. The summed E-state index contributed by atoms with van der Waals surface area (Å²) in [4.78, 5) is 36.1. The van der Waals surface area contributed by atoms with E-state index in [1.54, 1.807) is 39.0 Å². The number of anilines is 4. The van der Waals surface area contributed by atoms with E-state index in [1.807, 2.05) is 84.9 Å². The molecule has 2 heterocycles. The Morgan fingerprint density at radius 3 is 1.92 bits per heavy atom. The van der Waals surface area contributed by atoms with Gasteiger partial charge in [0.15, 0.2) is 0 Å². The molecular weight excluding hydrogens is 643 g/mol. The van der Waals surface area contributed by atoms with Gasteiger partial charge in [-0.25, -0.2) is 18.2 Å². The molecule has 0 aliphatic heterocycles. The van der Waals surface area contributed by atoms with Gasteiger partial charge in [0.25, 0.3) is 0 Å². The molecule has 0 saturated heterocycles. The van der Waals surface area contributed by atoms with Gasteiger partial charge in [-0.05, 0) is 87.0 Å². The van der Waals surface area contributed by atoms with Gasteiger partial charge in [0.05, 0.1) is 12.2 Å². The third-order valence-electron chi connectivity index (χ3n) is 7.17. The minimum absolute atomic E-state index is 0.00311. The van der Waals surface area contributed by atoms with E-state index in [0.29, 0.717) is 5.69 Å². The molecule has 0 spiro atoms. The zero-order valence-corrected chi connectivity index (χ0v) is 28.2. The highest BCUT2D eigenvalue weighted by Crippen LogP contribution is 2.34. The van der Waals surface area contributed by atoms with Gasteiger partial charge in [-0.1, -0.05) is 54.6 Å². The van der Waals surface area contributed by atoms with Crippen molar-refractivity contribution >= 4 is 45.0 Å². The minimum atomic E-state index is -4.08. The largest absolute Gasteiger partial charge is 0.480 e. The third-order valence-corrected chi connectivity index (χ3v) is 8.94. The number of aromatic nitrogens is 2. The number of pyridine rings is 2. The lowest BCUT2D eigenvalue weighted by Crippen LogP contribution is -2.40. The number of carbonyl (C=O) groups is 2. The SMILES string of the molecule is CC(C)(C)OC(=O)N(CC(=O)O)c1cccc(CN(Cc2ccc(N(c3ccccc3)c3ccccc3)cc2)S(=O)(=O)c2cccnc2)n1. The number of hydrogen-bond donors (Lipinski definition) is 1. The fourth-order valence-corrected chi connectivity index (χ4v) is 6.37. The van der Waals surface area contributed by atoms with Crippen molar-refractivity contribution in [2.24, 2.45) is 0 Å². The average molecular weight is 680 g/mol. The Bertz CT molecular complexity index is 1930. The lowest BCUT2D eigenvalue weighted by Gasteiger charge is -2.27. The number of nitrogens with zero attached hydrogens (tertiary/aromatic N) is 5. The van der Waals surface area contributed by atoms with Crippen LogP contribution < -0.4 is 9.80 Å². The van der Waals surface area contributed by atoms with Gasteiger partial charge in [0, 0.05) is 36.0 Å². The summed E-state index contributed by atoms with van der Waals surface area (Å²) in [6.07, 6.45) is 1.88. The molecule has 49 heavy (non-hydrogen) atoms. The zero-order valence-electron chi connectivity index (χ0n) is 27.4. The van der Waals surface area contributed by atoms with Gasteiger partial charge in [0.2, 0.25) is 10.0 Å². The monoisotopic (exact) mass is 679 g/mol. The Morgan fingerprint density at radius 1 is 0.755 bits per heavy atom. The fraction of sp³-hybridized carbons (Fsp3) is 0.189. The molecule has 252 valence electrons. The molecule has 0 fully saturated rings. The lowest BCUT2D eigenvalue weighted by atomic mass is 10.1. The molecule has 0 aliphatic carbocycles. The highest BCUT2D eigenvalue weighted by atomic mass is 32.2. The number of para-hydroxylation sites is 2. The first-order valence-corrected chi connectivity index (χ1v) is 16.9. The summed E-state index contributed by atoms with van der Waals surface area (Å²) in [5.41, 5.74) is 2.95. The molecule has 3 aromatic carbocycles. The van der Waals surface area contributed by atoms with E-state index in [2.05, 4.69) is 14.9 Å². The number of benzene rings is 3. The number of amides is 1. The summed E-state index contributed by atoms with van der Waals surface area (Å²) >= 11 is 0. The first kappa shape index (κ1) is 34.7. The highest BCUT2D eigenvalue weighted by Gasteiger charge is 2.29. The van der Waals surface area contributed by atoms with Gasteiger partial charge in [0.1, 0.15) is 22.9 Å². The highest BCUT2D eigenvalue weighted by molar-refractivity contribution is 7.89. The average Bonchev–Trinajstić information content (AvgIpc) is 3.08. The summed E-state index contributed by atoms with van der Waals surface area (Å²) in [6.45, 7) is 4.12. The molecule has 5 rings (SSSR count). The van der Waals surface area contributed by atoms with E-state index in [9.17, 15) is 23.1 Å². The van der Waals surface area contributed by atoms with Crippen molar-refractivity contribution in [2.45, 2.75) is 44.4 Å². The van der Waals surface area contributed by atoms with Crippen molar-refractivity contribution in [3.63, 3.8) is 0 Å². The van der Waals surface area contributed by atoms with Crippen LogP contribution in [0.15, 0.2) is 133 Å². The van der Waals surface area contributed by atoms with Crippen LogP contribution in [0.5, 0.6) is 0 Å². The topological polar surface area (TPSA) is 133 Å². The van der Waals surface area contributed by atoms with Gasteiger partial charge in [-0.15, -0.1) is 0 Å². The van der Waals surface area contributed by atoms with Crippen molar-refractivity contribution in [3.05, 3.63) is 139 Å². The van der Waals surface area contributed by atoms with Gasteiger partial charge < -0.3 is 14.7 Å². The molecule has 0 radical (unpaired) electrons. The quantitative estimate of drug-likeness (QED) is 0.146. The number of rotatable bonds is 12. The number of carbonyl (C=O) groups excluding carboxylic acids is 1. The zero-order chi connectivity index (χ0) is 35.0. The Hall–Kier alpha value is -5.59. The van der Waals surface area contributed by atoms with Crippen molar-refractivity contribution in [3.8, 4) is 0 Å². The minimum Gasteiger partial charge on any atom is -0.480 e. The van der Waals surface area contributed by atoms with Crippen LogP contribution in [0.4, 0.5) is 27.7 Å². The second-order valence-corrected chi connectivity index (χ2v) is 14.0. The second kappa shape index (κ2) is 15.1. The van der Waals surface area contributed by atoms with Crippen LogP contribution in [0.25, 0.3) is 0 Å². The Labute approximate surface area is 286 Å². The predicted molar refractivity (Wildman–Crippen MR) is 187 cm³/mol. The molecule has 11 nitrogen and oxygen atoms in total. The normalized spacial score (nSPS) is 11.6. The molecule has 0 bridgehead atoms. The fourth-order valence-electron chi connectivity index (χ4n) is 5.01. The number of ether oxygens (including phenoxy) is 1. The van der Waals surface area contributed by atoms with Crippen LogP contribution in [-0.4, -0.2) is 52.0 Å². The number of sulfonamides is 1. The van der Waals surface area contributed by atoms with E-state index in [1.165, 1.54) is 28.8 Å². The third kappa shape index (κ3) is 9.06. The van der Waals surface area contributed by atoms with Crippen LogP contribution in [-0.2, 0) is 32.6 Å². The maximum atomic E-state index is 14.0. The Kier molecular flexibility index (Phi) is 10.7. The molecule has 2 aromatic heterocycles. The maximum Gasteiger partial charge on any atom is 0.416 e. The van der Waals surface area contributed by atoms with E-state index in [4.69, 9.17) is 4.74 Å². The smallest absolute Gasteiger partial charge is 0.416 e. The summed E-state index contributed by atoms with van der Waals surface area (Å²) in [5.74, 6) is -1.25. The molecule has 0 saturated carbocycles. The van der Waals surface area contributed by atoms with Crippen LogP contribution in [0.1, 0.15) is 32.0 Å². The van der Waals surface area contributed by atoms with E-state index < -0.39 is 34.2 Å². The molecule has 1 N–H and O–H groups in total. The summed E-state index contributed by atoms with van der Waals surface area (Å²) in [6, 6.07) is 35.2. The maximum absolute atomic E-state index is 14.0. The van der Waals surface area contributed by atoms with Crippen molar-refractivity contribution < 1.29 is 27.9 Å². The summed E-state index contributed by atoms with van der Waals surface area (Å²) < 4.78 is 34.7. The van der Waals surface area contributed by atoms with Crippen LogP contribution >= 0.6 is 0 Å². The second-order valence-electron chi connectivity index (χ2n) is 12.1. The lowest BCUT2D eigenvalue weighted by molar-refractivity contribution is -0.135. The summed E-state index contributed by atoms with van der Waals surface area (Å²) in [5, 5.41) is 9.51. The Morgan fingerprint density at radius 2 is 1.37 bits per heavy atom. The van der Waals surface area contributed by atoms with E-state index in [0.717, 1.165) is 27.5 Å². The van der Waals surface area contributed by atoms with E-state index >= 15 is 0 Å². The van der Waals surface area contributed by atoms with Gasteiger partial charge in [-0.2, -0.15) is 4.31 Å². The summed E-state index contributed by atoms with van der Waals surface area (Å²) in [7, 11) is -4.08. The van der Waals surface area contributed by atoms with Crippen LogP contribution in [0, 0.1) is 0 Å². The molecule has 5 aromatic rings. The number of aliphatic carboxylic acids is 1. The van der Waals surface area contributed by atoms with E-state index in [-0.39, 0.29) is 23.8 Å². The molecule has 0 atom stereocenters. The van der Waals surface area contributed by atoms with Crippen molar-refractivity contribution in [2.75, 3.05) is 16.3 Å². The number of carboxylic acid groups (broad SMARTS) is 1. The first-order chi connectivity index (χ1) is 23.4. The standard InChI is InChI=1S/C37H37N5O6S/c1-37(2,3)48-36(45)41(27-35(43)44)34-18-10-12-29(39-34)26-40(49(46,47)33-17-11-23-38-24-33)25-28-19-21-32(22-20-28)42(30-13-6-4-7-14-30)31-15-8-5-9-16-31/h4-24H,25-27H2,1-3H3,(H,43,44). The van der Waals surface area contributed by atoms with Crippen molar-refractivity contribution in [1.82, 2.24) is 14.3 Å². The van der Waals surface area contributed by atoms with Crippen molar-refractivity contribution in [1.29, 1.82) is 0 Å². The van der Waals surface area contributed by atoms with Gasteiger partial charge in [-0.3, -0.25) is 14.7 Å².